The molecule has 0 spiro atoms. The van der Waals surface area contributed by atoms with Crippen LogP contribution in [-0.2, 0) is 0 Å². The Kier molecular flexibility index (Phi) is 9.47. The van der Waals surface area contributed by atoms with Crippen LogP contribution in [0.2, 0.25) is 0 Å². The van der Waals surface area contributed by atoms with Crippen LogP contribution < -0.4 is 15.5 Å². The number of unbranched alkanes of at least 4 members (excludes halogenated alkanes) is 4. The van der Waals surface area contributed by atoms with Crippen LogP contribution >= 0.6 is 12.2 Å². The zero-order chi connectivity index (χ0) is 24.3. The van der Waals surface area contributed by atoms with Gasteiger partial charge >= 0.3 is 5.97 Å². The maximum absolute atomic E-state index is 11.4. The molecule has 3 aromatic rings. The highest BCUT2D eigenvalue weighted by Gasteiger charge is 2.10. The molecule has 0 aliphatic carbocycles. The molecule has 3 rings (SSSR count). The summed E-state index contributed by atoms with van der Waals surface area (Å²) in [6.07, 6.45) is 6.19. The van der Waals surface area contributed by atoms with E-state index < -0.39 is 5.97 Å². The summed E-state index contributed by atoms with van der Waals surface area (Å²) < 4.78 is 0. The second-order valence-electron chi connectivity index (χ2n) is 8.31. The molecule has 5 nitrogen and oxygen atoms in total. The third-order valence-corrected chi connectivity index (χ3v) is 6.17. The van der Waals surface area contributed by atoms with E-state index in [9.17, 15) is 9.90 Å². The number of rotatable bonds is 11. The number of hydrogen-bond acceptors (Lipinski definition) is 3. The number of carboxylic acids is 1. The molecule has 0 aromatic heterocycles. The Hall–Kier alpha value is -3.38. The summed E-state index contributed by atoms with van der Waals surface area (Å²) in [5.74, 6) is -0.954. The molecule has 0 saturated heterocycles. The lowest BCUT2D eigenvalue weighted by Gasteiger charge is -2.22. The van der Waals surface area contributed by atoms with Crippen molar-refractivity contribution >= 4 is 40.4 Å². The van der Waals surface area contributed by atoms with Crippen LogP contribution in [-0.4, -0.2) is 29.8 Å². The highest BCUT2D eigenvalue weighted by molar-refractivity contribution is 7.80. The van der Waals surface area contributed by atoms with Crippen molar-refractivity contribution in [3.63, 3.8) is 0 Å². The van der Waals surface area contributed by atoms with Gasteiger partial charge in [-0.1, -0.05) is 69.0 Å². The second-order valence-corrected chi connectivity index (χ2v) is 8.70. The van der Waals surface area contributed by atoms with E-state index in [-0.39, 0.29) is 5.56 Å². The van der Waals surface area contributed by atoms with Crippen LogP contribution in [0.4, 0.5) is 17.1 Å². The van der Waals surface area contributed by atoms with Gasteiger partial charge in [0.15, 0.2) is 5.11 Å². The van der Waals surface area contributed by atoms with Crippen molar-refractivity contribution in [3.8, 4) is 11.1 Å². The van der Waals surface area contributed by atoms with E-state index in [1.54, 1.807) is 18.2 Å². The van der Waals surface area contributed by atoms with Gasteiger partial charge in [0, 0.05) is 25.0 Å². The third-order valence-electron chi connectivity index (χ3n) is 5.75. The van der Waals surface area contributed by atoms with Gasteiger partial charge in [-0.2, -0.15) is 0 Å². The summed E-state index contributed by atoms with van der Waals surface area (Å²) in [4.78, 5) is 13.4. The van der Waals surface area contributed by atoms with Gasteiger partial charge in [-0.05, 0) is 66.2 Å². The zero-order valence-electron chi connectivity index (χ0n) is 19.9. The first-order valence-corrected chi connectivity index (χ1v) is 12.2. The average molecular weight is 476 g/mol. The molecule has 0 atom stereocenters. The molecular weight excluding hydrogens is 442 g/mol. The molecule has 178 valence electrons. The van der Waals surface area contributed by atoms with Crippen molar-refractivity contribution in [2.75, 3.05) is 23.8 Å². The lowest BCUT2D eigenvalue weighted by Crippen LogP contribution is -2.37. The molecular formula is C28H33N3O2S. The van der Waals surface area contributed by atoms with E-state index in [4.69, 9.17) is 12.2 Å². The van der Waals surface area contributed by atoms with Gasteiger partial charge in [-0.3, -0.25) is 0 Å². The summed E-state index contributed by atoms with van der Waals surface area (Å²) in [5, 5.41) is 16.7. The van der Waals surface area contributed by atoms with Crippen LogP contribution in [0.1, 0.15) is 49.4 Å². The summed E-state index contributed by atoms with van der Waals surface area (Å²) in [6, 6.07) is 23.1. The van der Waals surface area contributed by atoms with Crippen molar-refractivity contribution in [2.45, 2.75) is 39.0 Å². The molecule has 6 heteroatoms. The first kappa shape index (κ1) is 25.2. The molecule has 0 radical (unpaired) electrons. The van der Waals surface area contributed by atoms with Crippen LogP contribution in [0.5, 0.6) is 0 Å². The fourth-order valence-corrected chi connectivity index (χ4v) is 3.94. The van der Waals surface area contributed by atoms with Crippen molar-refractivity contribution in [3.05, 3.63) is 78.4 Å². The van der Waals surface area contributed by atoms with Crippen LogP contribution in [0.25, 0.3) is 11.1 Å². The average Bonchev–Trinajstić information content (AvgIpc) is 2.86. The van der Waals surface area contributed by atoms with E-state index in [0.29, 0.717) is 5.69 Å². The number of nitrogens with one attached hydrogen (secondary N) is 2. The molecule has 34 heavy (non-hydrogen) atoms. The van der Waals surface area contributed by atoms with E-state index in [1.165, 1.54) is 25.7 Å². The number of aromatic carboxylic acids is 1. The SMILES string of the molecule is CCCCCCCNC(=S)N(C)c1cccc(-c2ccc(Nc3ccccc3C(=O)O)cc2)c1. The Balaban J connectivity index is 1.63. The number of thiocarbonyl (C=S) groups is 1. The van der Waals surface area contributed by atoms with Gasteiger partial charge in [-0.15, -0.1) is 0 Å². The standard InChI is InChI=1S/C28H33N3O2S/c1-3-4-5-6-9-19-29-28(34)31(2)24-12-10-11-22(20-24)21-15-17-23(18-16-21)30-26-14-8-7-13-25(26)27(32)33/h7-8,10-18,20,30H,3-6,9,19H2,1-2H3,(H,29,34)(H,32,33). The normalized spacial score (nSPS) is 10.5. The molecule has 0 amide bonds. The Morgan fingerprint density at radius 3 is 2.38 bits per heavy atom. The molecule has 0 bridgehead atoms. The van der Waals surface area contributed by atoms with Crippen molar-refractivity contribution < 1.29 is 9.90 Å². The summed E-state index contributed by atoms with van der Waals surface area (Å²) >= 11 is 5.59. The highest BCUT2D eigenvalue weighted by Crippen LogP contribution is 2.27. The molecule has 3 aromatic carbocycles. The quantitative estimate of drug-likeness (QED) is 0.203. The van der Waals surface area contributed by atoms with E-state index >= 15 is 0 Å². The minimum atomic E-state index is -0.954. The van der Waals surface area contributed by atoms with Gasteiger partial charge in [-0.25, -0.2) is 4.79 Å². The van der Waals surface area contributed by atoms with Crippen molar-refractivity contribution in [1.29, 1.82) is 0 Å². The molecule has 0 aliphatic rings. The summed E-state index contributed by atoms with van der Waals surface area (Å²) in [5.41, 5.74) is 4.82. The van der Waals surface area contributed by atoms with Gasteiger partial charge < -0.3 is 20.6 Å². The fraction of sp³-hybridized carbons (Fsp3) is 0.286. The summed E-state index contributed by atoms with van der Waals surface area (Å²) in [7, 11) is 1.98. The van der Waals surface area contributed by atoms with E-state index in [2.05, 4.69) is 35.8 Å². The zero-order valence-corrected chi connectivity index (χ0v) is 20.7. The van der Waals surface area contributed by atoms with Gasteiger partial charge in [0.2, 0.25) is 0 Å². The number of carboxylic acid groups (broad SMARTS) is 1. The minimum absolute atomic E-state index is 0.243. The Bertz CT molecular complexity index is 1100. The number of benzene rings is 3. The Morgan fingerprint density at radius 1 is 0.912 bits per heavy atom. The minimum Gasteiger partial charge on any atom is -0.478 e. The number of hydrogen-bond donors (Lipinski definition) is 3. The molecule has 0 fully saturated rings. The van der Waals surface area contributed by atoms with Gasteiger partial charge in [0.25, 0.3) is 0 Å². The maximum atomic E-state index is 11.4. The highest BCUT2D eigenvalue weighted by atomic mass is 32.1. The number of nitrogens with zero attached hydrogens (tertiary/aromatic N) is 1. The lowest BCUT2D eigenvalue weighted by molar-refractivity contribution is 0.0698. The number of carbonyl (C=O) groups is 1. The topological polar surface area (TPSA) is 64.6 Å². The monoisotopic (exact) mass is 475 g/mol. The van der Waals surface area contributed by atoms with Crippen LogP contribution in [0, 0.1) is 0 Å². The van der Waals surface area contributed by atoms with Crippen LogP contribution in [0.15, 0.2) is 72.8 Å². The van der Waals surface area contributed by atoms with Gasteiger partial charge in [0.05, 0.1) is 11.3 Å². The fourth-order valence-electron chi connectivity index (χ4n) is 3.73. The largest absolute Gasteiger partial charge is 0.478 e. The molecule has 0 aliphatic heterocycles. The third kappa shape index (κ3) is 7.06. The first-order valence-electron chi connectivity index (χ1n) is 11.8. The number of anilines is 3. The Morgan fingerprint density at radius 2 is 1.65 bits per heavy atom. The predicted octanol–water partition coefficient (Wildman–Crippen LogP) is 7.08. The number of para-hydroxylation sites is 1. The molecule has 0 unspecified atom stereocenters. The predicted molar refractivity (Wildman–Crippen MR) is 146 cm³/mol. The smallest absolute Gasteiger partial charge is 0.337 e. The first-order chi connectivity index (χ1) is 16.5. The Labute approximate surface area is 207 Å². The van der Waals surface area contributed by atoms with Gasteiger partial charge in [0.1, 0.15) is 0 Å². The van der Waals surface area contributed by atoms with Crippen LogP contribution in [0.3, 0.4) is 0 Å². The van der Waals surface area contributed by atoms with E-state index in [0.717, 1.165) is 40.6 Å². The molecule has 0 heterocycles. The maximum Gasteiger partial charge on any atom is 0.337 e. The summed E-state index contributed by atoms with van der Waals surface area (Å²) in [6.45, 7) is 3.12. The molecule has 3 N–H and O–H groups in total. The second kappa shape index (κ2) is 12.8. The van der Waals surface area contributed by atoms with Crippen molar-refractivity contribution in [1.82, 2.24) is 5.32 Å². The van der Waals surface area contributed by atoms with Crippen molar-refractivity contribution in [2.24, 2.45) is 0 Å². The lowest BCUT2D eigenvalue weighted by atomic mass is 10.0. The molecule has 0 saturated carbocycles. The van der Waals surface area contributed by atoms with E-state index in [1.807, 2.05) is 48.3 Å².